The van der Waals surface area contributed by atoms with Gasteiger partial charge in [-0.1, -0.05) is 22.4 Å². The number of hydrogen-bond donors (Lipinski definition) is 1. The maximum Gasteiger partial charge on any atom is 0.306 e. The van der Waals surface area contributed by atoms with Gasteiger partial charge in [-0.15, -0.1) is 0 Å². The smallest absolute Gasteiger partial charge is 0.306 e. The molecule has 0 unspecified atom stereocenters. The Morgan fingerprint density at radius 1 is 1.28 bits per heavy atom. The number of esters is 1. The maximum absolute atomic E-state index is 11.8. The molecular formula is C14H26BrNO2. The summed E-state index contributed by atoms with van der Waals surface area (Å²) in [6.07, 6.45) is 5.92. The highest BCUT2D eigenvalue weighted by Crippen LogP contribution is 2.29. The second-order valence-electron chi connectivity index (χ2n) is 5.60. The molecule has 0 aliphatic carbocycles. The van der Waals surface area contributed by atoms with Crippen LogP contribution in [0, 0.1) is 5.92 Å². The van der Waals surface area contributed by atoms with E-state index in [9.17, 15) is 4.79 Å². The van der Waals surface area contributed by atoms with Crippen molar-refractivity contribution in [2.75, 3.05) is 18.4 Å². The summed E-state index contributed by atoms with van der Waals surface area (Å²) >= 11 is 3.40. The first-order valence-corrected chi connectivity index (χ1v) is 8.17. The second kappa shape index (κ2) is 8.16. The molecule has 0 spiro atoms. The zero-order valence-corrected chi connectivity index (χ0v) is 13.2. The average molecular weight is 320 g/mol. The third kappa shape index (κ3) is 5.70. The van der Waals surface area contributed by atoms with Crippen LogP contribution >= 0.6 is 15.9 Å². The van der Waals surface area contributed by atoms with Crippen LogP contribution in [-0.4, -0.2) is 30.0 Å². The number of piperidine rings is 1. The van der Waals surface area contributed by atoms with Gasteiger partial charge >= 0.3 is 5.97 Å². The number of carbonyl (C=O) groups is 1. The number of unbranched alkanes of at least 4 members (excludes halogenated alkanes) is 2. The molecule has 1 heterocycles. The molecule has 106 valence electrons. The minimum absolute atomic E-state index is 0.0342. The number of ether oxygens (including phenoxy) is 1. The predicted octanol–water partition coefficient (Wildman–Crippen LogP) is 3.26. The van der Waals surface area contributed by atoms with Crippen molar-refractivity contribution in [3.63, 3.8) is 0 Å². The highest BCUT2D eigenvalue weighted by molar-refractivity contribution is 9.09. The third-order valence-electron chi connectivity index (χ3n) is 3.71. The summed E-state index contributed by atoms with van der Waals surface area (Å²) in [5.41, 5.74) is -0.311. The minimum Gasteiger partial charge on any atom is -0.459 e. The quantitative estimate of drug-likeness (QED) is 0.444. The maximum atomic E-state index is 11.8. The Morgan fingerprint density at radius 3 is 2.56 bits per heavy atom. The molecule has 18 heavy (non-hydrogen) atoms. The van der Waals surface area contributed by atoms with Crippen LogP contribution in [0.3, 0.4) is 0 Å². The van der Waals surface area contributed by atoms with Gasteiger partial charge in [0.15, 0.2) is 0 Å². The van der Waals surface area contributed by atoms with Crippen LogP contribution in [0.5, 0.6) is 0 Å². The van der Waals surface area contributed by atoms with Gasteiger partial charge < -0.3 is 10.1 Å². The second-order valence-corrected chi connectivity index (χ2v) is 6.39. The number of hydrogen-bond acceptors (Lipinski definition) is 3. The SMILES string of the molecule is CC(C)(OC(=O)CCCCCBr)C1CCNCC1. The summed E-state index contributed by atoms with van der Waals surface area (Å²) in [7, 11) is 0. The van der Waals surface area contributed by atoms with Gasteiger partial charge in [0, 0.05) is 17.7 Å². The molecule has 0 amide bonds. The van der Waals surface area contributed by atoms with E-state index in [0.29, 0.717) is 12.3 Å². The number of nitrogens with one attached hydrogen (secondary N) is 1. The molecule has 0 radical (unpaired) electrons. The molecule has 0 aromatic carbocycles. The van der Waals surface area contributed by atoms with Gasteiger partial charge in [0.2, 0.25) is 0 Å². The molecule has 4 heteroatoms. The Morgan fingerprint density at radius 2 is 1.94 bits per heavy atom. The zero-order chi connectivity index (χ0) is 13.4. The fraction of sp³-hybridized carbons (Fsp3) is 0.929. The van der Waals surface area contributed by atoms with Crippen LogP contribution in [-0.2, 0) is 9.53 Å². The lowest BCUT2D eigenvalue weighted by atomic mass is 9.83. The van der Waals surface area contributed by atoms with E-state index in [-0.39, 0.29) is 11.6 Å². The van der Waals surface area contributed by atoms with Gasteiger partial charge in [-0.25, -0.2) is 0 Å². The zero-order valence-electron chi connectivity index (χ0n) is 11.6. The van der Waals surface area contributed by atoms with Crippen LogP contribution in [0.2, 0.25) is 0 Å². The number of rotatable bonds is 7. The van der Waals surface area contributed by atoms with Crippen molar-refractivity contribution in [1.29, 1.82) is 0 Å². The molecule has 1 aliphatic heterocycles. The van der Waals surface area contributed by atoms with E-state index in [1.165, 1.54) is 0 Å². The molecule has 0 saturated carbocycles. The summed E-state index contributed by atoms with van der Waals surface area (Å²) < 4.78 is 5.68. The molecule has 3 nitrogen and oxygen atoms in total. The molecule has 0 aromatic heterocycles. The first kappa shape index (κ1) is 16.0. The predicted molar refractivity (Wildman–Crippen MR) is 78.0 cm³/mol. The van der Waals surface area contributed by atoms with Crippen molar-refractivity contribution in [3.05, 3.63) is 0 Å². The largest absolute Gasteiger partial charge is 0.459 e. The van der Waals surface area contributed by atoms with Crippen molar-refractivity contribution >= 4 is 21.9 Å². The molecular weight excluding hydrogens is 294 g/mol. The van der Waals surface area contributed by atoms with E-state index >= 15 is 0 Å². The van der Waals surface area contributed by atoms with Crippen LogP contribution in [0.1, 0.15) is 52.4 Å². The summed E-state index contributed by atoms with van der Waals surface area (Å²) in [6, 6.07) is 0. The van der Waals surface area contributed by atoms with Crippen LogP contribution in [0.4, 0.5) is 0 Å². The lowest BCUT2D eigenvalue weighted by molar-refractivity contribution is -0.162. The highest BCUT2D eigenvalue weighted by atomic mass is 79.9. The van der Waals surface area contributed by atoms with E-state index in [1.54, 1.807) is 0 Å². The van der Waals surface area contributed by atoms with E-state index in [2.05, 4.69) is 35.1 Å². The van der Waals surface area contributed by atoms with Crippen molar-refractivity contribution in [1.82, 2.24) is 5.32 Å². The van der Waals surface area contributed by atoms with Crippen molar-refractivity contribution in [2.24, 2.45) is 5.92 Å². The Hall–Kier alpha value is -0.0900. The molecule has 0 atom stereocenters. The first-order chi connectivity index (χ1) is 8.56. The Bertz CT molecular complexity index is 250. The standard InChI is InChI=1S/C14H26BrNO2/c1-14(2,12-7-10-16-11-8-12)18-13(17)6-4-3-5-9-15/h12,16H,3-11H2,1-2H3. The molecule has 0 bridgehead atoms. The van der Waals surface area contributed by atoms with Gasteiger partial charge in [0.05, 0.1) is 0 Å². The van der Waals surface area contributed by atoms with Gasteiger partial charge in [-0.3, -0.25) is 4.79 Å². The monoisotopic (exact) mass is 319 g/mol. The van der Waals surface area contributed by atoms with E-state index in [1.807, 2.05) is 0 Å². The topological polar surface area (TPSA) is 38.3 Å². The van der Waals surface area contributed by atoms with E-state index < -0.39 is 0 Å². The molecule has 1 aliphatic rings. The Kier molecular flexibility index (Phi) is 7.23. The van der Waals surface area contributed by atoms with E-state index in [0.717, 1.165) is 50.5 Å². The third-order valence-corrected chi connectivity index (χ3v) is 4.27. The van der Waals surface area contributed by atoms with Gasteiger partial charge in [-0.05, 0) is 52.6 Å². The van der Waals surface area contributed by atoms with E-state index in [4.69, 9.17) is 4.74 Å². The molecule has 1 N–H and O–H groups in total. The highest BCUT2D eigenvalue weighted by Gasteiger charge is 2.33. The summed E-state index contributed by atoms with van der Waals surface area (Å²) in [6.45, 7) is 6.19. The Labute approximate surface area is 119 Å². The fourth-order valence-electron chi connectivity index (χ4n) is 2.49. The van der Waals surface area contributed by atoms with Crippen molar-refractivity contribution in [3.8, 4) is 0 Å². The molecule has 1 rings (SSSR count). The van der Waals surface area contributed by atoms with Gasteiger partial charge in [-0.2, -0.15) is 0 Å². The summed E-state index contributed by atoms with van der Waals surface area (Å²) in [4.78, 5) is 11.8. The van der Waals surface area contributed by atoms with Crippen LogP contribution in [0.15, 0.2) is 0 Å². The van der Waals surface area contributed by atoms with Gasteiger partial charge in [0.25, 0.3) is 0 Å². The number of halogens is 1. The molecule has 1 fully saturated rings. The Balaban J connectivity index is 2.27. The minimum atomic E-state index is -0.311. The number of carbonyl (C=O) groups excluding carboxylic acids is 1. The average Bonchev–Trinajstić information content (AvgIpc) is 2.35. The number of alkyl halides is 1. The van der Waals surface area contributed by atoms with Crippen LogP contribution in [0.25, 0.3) is 0 Å². The normalized spacial score (nSPS) is 17.7. The lowest BCUT2D eigenvalue weighted by Gasteiger charge is -2.36. The lowest BCUT2D eigenvalue weighted by Crippen LogP contribution is -2.42. The van der Waals surface area contributed by atoms with Crippen LogP contribution < -0.4 is 5.32 Å². The van der Waals surface area contributed by atoms with Crippen molar-refractivity contribution < 1.29 is 9.53 Å². The molecule has 0 aromatic rings. The molecule has 1 saturated heterocycles. The van der Waals surface area contributed by atoms with Crippen molar-refractivity contribution in [2.45, 2.75) is 58.0 Å². The summed E-state index contributed by atoms with van der Waals surface area (Å²) in [5, 5.41) is 4.36. The first-order valence-electron chi connectivity index (χ1n) is 7.05. The summed E-state index contributed by atoms with van der Waals surface area (Å²) in [5.74, 6) is 0.457. The van der Waals surface area contributed by atoms with Gasteiger partial charge in [0.1, 0.15) is 5.60 Å². The fourth-order valence-corrected chi connectivity index (χ4v) is 2.88.